The van der Waals surface area contributed by atoms with Crippen molar-refractivity contribution in [2.24, 2.45) is 0 Å². The molecule has 1 saturated heterocycles. The van der Waals surface area contributed by atoms with Crippen LogP contribution in [0.5, 0.6) is 0 Å². The number of para-hydroxylation sites is 2. The van der Waals surface area contributed by atoms with E-state index < -0.39 is 6.04 Å². The molecule has 3 N–H and O–H groups in total. The molecule has 0 saturated carbocycles. The molecule has 8 heteroatoms. The quantitative estimate of drug-likeness (QED) is 0.207. The van der Waals surface area contributed by atoms with Crippen LogP contribution >= 0.6 is 0 Å². The van der Waals surface area contributed by atoms with Crippen molar-refractivity contribution < 1.29 is 14.4 Å². The number of aromatic nitrogens is 2. The Hall–Kier alpha value is -2.90. The minimum Gasteiger partial charge on any atom is -0.356 e. The van der Waals surface area contributed by atoms with Gasteiger partial charge in [0.2, 0.25) is 17.7 Å². The number of rotatable bonds is 19. The van der Waals surface area contributed by atoms with Gasteiger partial charge in [-0.15, -0.1) is 0 Å². The van der Waals surface area contributed by atoms with Gasteiger partial charge in [0, 0.05) is 38.9 Å². The number of benzene rings is 1. The number of carbonyl (C=O) groups is 3. The second kappa shape index (κ2) is 17.6. The molecular weight excluding hydrogens is 490 g/mol. The van der Waals surface area contributed by atoms with E-state index in [1.54, 1.807) is 4.90 Å². The lowest BCUT2D eigenvalue weighted by Crippen LogP contribution is -2.46. The van der Waals surface area contributed by atoms with Crippen molar-refractivity contribution in [1.29, 1.82) is 0 Å². The average molecular weight is 540 g/mol. The van der Waals surface area contributed by atoms with E-state index in [4.69, 9.17) is 0 Å². The van der Waals surface area contributed by atoms with Gasteiger partial charge in [-0.25, -0.2) is 4.98 Å². The molecule has 1 atom stereocenters. The van der Waals surface area contributed by atoms with Crippen molar-refractivity contribution in [3.63, 3.8) is 0 Å². The lowest BCUT2D eigenvalue weighted by molar-refractivity contribution is -0.138. The lowest BCUT2D eigenvalue weighted by Gasteiger charge is -2.24. The van der Waals surface area contributed by atoms with Crippen LogP contribution in [0.2, 0.25) is 0 Å². The highest BCUT2D eigenvalue weighted by Gasteiger charge is 2.33. The number of aryl methyl sites for hydroxylation is 1. The summed E-state index contributed by atoms with van der Waals surface area (Å²) in [5, 5.41) is 5.93. The Bertz CT molecular complexity index is 988. The Morgan fingerprint density at radius 3 is 2.33 bits per heavy atom. The van der Waals surface area contributed by atoms with E-state index in [-0.39, 0.29) is 17.7 Å². The second-order valence-corrected chi connectivity index (χ2v) is 10.9. The van der Waals surface area contributed by atoms with E-state index in [0.717, 1.165) is 36.2 Å². The summed E-state index contributed by atoms with van der Waals surface area (Å²) < 4.78 is 0. The Morgan fingerprint density at radius 2 is 1.59 bits per heavy atom. The summed E-state index contributed by atoms with van der Waals surface area (Å²) in [4.78, 5) is 47.2. The van der Waals surface area contributed by atoms with Crippen molar-refractivity contribution in [2.75, 3.05) is 19.6 Å². The highest BCUT2D eigenvalue weighted by atomic mass is 16.2. The molecule has 0 spiro atoms. The van der Waals surface area contributed by atoms with Gasteiger partial charge in [-0.1, -0.05) is 76.8 Å². The molecule has 0 aliphatic carbocycles. The topological polar surface area (TPSA) is 107 Å². The molecular formula is C31H49N5O3. The average Bonchev–Trinajstić information content (AvgIpc) is 3.60. The standard InChI is InChI=1S/C31H49N5O3/c1-2-3-4-5-6-7-8-9-10-13-22-32-29(37)19-14-23-33-31(39)27-18-15-24-36(27)30(38)21-20-28-34-25-16-11-12-17-26(25)35-28/h11-12,16-17,27H,2-10,13-15,18-24H2,1H3,(H,32,37)(H,33,39)(H,34,35). The molecule has 3 rings (SSSR count). The van der Waals surface area contributed by atoms with Crippen LogP contribution < -0.4 is 10.6 Å². The van der Waals surface area contributed by atoms with Gasteiger partial charge in [-0.05, 0) is 37.8 Å². The van der Waals surface area contributed by atoms with Crippen LogP contribution in [0.25, 0.3) is 11.0 Å². The summed E-state index contributed by atoms with van der Waals surface area (Å²) in [6.45, 7) is 4.04. The molecule has 1 aromatic carbocycles. The van der Waals surface area contributed by atoms with E-state index in [1.807, 2.05) is 24.3 Å². The number of nitrogens with one attached hydrogen (secondary N) is 3. The summed E-state index contributed by atoms with van der Waals surface area (Å²) in [5.74, 6) is 0.703. The van der Waals surface area contributed by atoms with Gasteiger partial charge in [0.1, 0.15) is 11.9 Å². The number of carbonyl (C=O) groups excluding carboxylic acids is 3. The van der Waals surface area contributed by atoms with Crippen molar-refractivity contribution >= 4 is 28.8 Å². The molecule has 1 unspecified atom stereocenters. The number of unbranched alkanes of at least 4 members (excludes halogenated alkanes) is 9. The fraction of sp³-hybridized carbons (Fsp3) is 0.677. The molecule has 1 aromatic heterocycles. The molecule has 2 aromatic rings. The van der Waals surface area contributed by atoms with E-state index in [2.05, 4.69) is 27.5 Å². The van der Waals surface area contributed by atoms with Crippen LogP contribution in [0.4, 0.5) is 0 Å². The van der Waals surface area contributed by atoms with Crippen LogP contribution in [0, 0.1) is 0 Å². The first kappa shape index (κ1) is 30.6. The van der Waals surface area contributed by atoms with Gasteiger partial charge in [-0.3, -0.25) is 14.4 Å². The molecule has 39 heavy (non-hydrogen) atoms. The van der Waals surface area contributed by atoms with Crippen molar-refractivity contribution in [2.45, 2.75) is 116 Å². The van der Waals surface area contributed by atoms with Crippen molar-refractivity contribution in [1.82, 2.24) is 25.5 Å². The summed E-state index contributed by atoms with van der Waals surface area (Å²) in [5.41, 5.74) is 1.86. The molecule has 216 valence electrons. The highest BCUT2D eigenvalue weighted by Crippen LogP contribution is 2.20. The fourth-order valence-corrected chi connectivity index (χ4v) is 5.34. The maximum absolute atomic E-state index is 12.9. The van der Waals surface area contributed by atoms with Crippen LogP contribution in [0.15, 0.2) is 24.3 Å². The summed E-state index contributed by atoms with van der Waals surface area (Å²) in [6, 6.07) is 7.39. The van der Waals surface area contributed by atoms with E-state index in [1.165, 1.54) is 57.8 Å². The van der Waals surface area contributed by atoms with Crippen LogP contribution in [-0.4, -0.2) is 58.3 Å². The lowest BCUT2D eigenvalue weighted by atomic mass is 10.1. The van der Waals surface area contributed by atoms with Gasteiger partial charge in [0.05, 0.1) is 11.0 Å². The second-order valence-electron chi connectivity index (χ2n) is 10.9. The summed E-state index contributed by atoms with van der Waals surface area (Å²) in [7, 11) is 0. The third-order valence-corrected chi connectivity index (χ3v) is 7.62. The smallest absolute Gasteiger partial charge is 0.242 e. The minimum atomic E-state index is -0.418. The highest BCUT2D eigenvalue weighted by molar-refractivity contribution is 5.88. The first-order valence-electron chi connectivity index (χ1n) is 15.4. The third kappa shape index (κ3) is 11.0. The largest absolute Gasteiger partial charge is 0.356 e. The summed E-state index contributed by atoms with van der Waals surface area (Å²) >= 11 is 0. The summed E-state index contributed by atoms with van der Waals surface area (Å²) in [6.07, 6.45) is 16.2. The Balaban J connectivity index is 1.21. The molecule has 3 amide bonds. The molecule has 8 nitrogen and oxygen atoms in total. The maximum Gasteiger partial charge on any atom is 0.242 e. The fourth-order valence-electron chi connectivity index (χ4n) is 5.34. The molecule has 1 fully saturated rings. The zero-order chi connectivity index (χ0) is 27.7. The number of amides is 3. The molecule has 0 bridgehead atoms. The number of imidazole rings is 1. The number of hydrogen-bond donors (Lipinski definition) is 3. The molecule has 0 radical (unpaired) electrons. The van der Waals surface area contributed by atoms with Crippen molar-refractivity contribution in [3.05, 3.63) is 30.1 Å². The monoisotopic (exact) mass is 539 g/mol. The van der Waals surface area contributed by atoms with E-state index >= 15 is 0 Å². The van der Waals surface area contributed by atoms with Gasteiger partial charge in [-0.2, -0.15) is 0 Å². The van der Waals surface area contributed by atoms with Gasteiger partial charge in [0.15, 0.2) is 0 Å². The van der Waals surface area contributed by atoms with Crippen molar-refractivity contribution in [3.8, 4) is 0 Å². The van der Waals surface area contributed by atoms with Crippen LogP contribution in [0.3, 0.4) is 0 Å². The maximum atomic E-state index is 12.9. The van der Waals surface area contributed by atoms with Gasteiger partial charge < -0.3 is 20.5 Å². The molecule has 1 aliphatic rings. The van der Waals surface area contributed by atoms with Gasteiger partial charge >= 0.3 is 0 Å². The van der Waals surface area contributed by atoms with Crippen LogP contribution in [-0.2, 0) is 20.8 Å². The van der Waals surface area contributed by atoms with E-state index in [0.29, 0.717) is 45.2 Å². The van der Waals surface area contributed by atoms with Crippen LogP contribution in [0.1, 0.15) is 109 Å². The zero-order valence-corrected chi connectivity index (χ0v) is 23.9. The zero-order valence-electron chi connectivity index (χ0n) is 23.9. The first-order chi connectivity index (χ1) is 19.1. The molecule has 2 heterocycles. The SMILES string of the molecule is CCCCCCCCCCCCNC(=O)CCCNC(=O)C1CCCN1C(=O)CCc1nc2ccccc2[nH]1. The first-order valence-corrected chi connectivity index (χ1v) is 15.4. The van der Waals surface area contributed by atoms with E-state index in [9.17, 15) is 14.4 Å². The number of aromatic amines is 1. The normalized spacial score (nSPS) is 15.1. The number of hydrogen-bond acceptors (Lipinski definition) is 4. The van der Waals surface area contributed by atoms with Gasteiger partial charge in [0.25, 0.3) is 0 Å². The number of fused-ring (bicyclic) bond motifs is 1. The predicted octanol–water partition coefficient (Wildman–Crippen LogP) is 5.42. The Kier molecular flexibility index (Phi) is 13.9. The Morgan fingerprint density at radius 1 is 0.897 bits per heavy atom. The third-order valence-electron chi connectivity index (χ3n) is 7.62. The number of nitrogens with zero attached hydrogens (tertiary/aromatic N) is 2. The molecule has 1 aliphatic heterocycles. The number of H-pyrrole nitrogens is 1. The Labute approximate surface area is 234 Å². The number of likely N-dealkylation sites (tertiary alicyclic amines) is 1. The minimum absolute atomic E-state index is 0.0144. The predicted molar refractivity (Wildman–Crippen MR) is 156 cm³/mol.